The van der Waals surface area contributed by atoms with Gasteiger partial charge < -0.3 is 14.8 Å². The van der Waals surface area contributed by atoms with Crippen molar-refractivity contribution in [1.29, 1.82) is 0 Å². The Kier molecular flexibility index (Phi) is 6.57. The molecule has 0 fully saturated rings. The van der Waals surface area contributed by atoms with Gasteiger partial charge in [0.15, 0.2) is 16.4 Å². The van der Waals surface area contributed by atoms with Gasteiger partial charge in [-0.15, -0.1) is 11.3 Å². The van der Waals surface area contributed by atoms with E-state index in [1.165, 1.54) is 42.7 Å². The second kappa shape index (κ2) is 8.53. The number of amides is 1. The Labute approximate surface area is 166 Å². The number of ether oxygens (including phenoxy) is 2. The summed E-state index contributed by atoms with van der Waals surface area (Å²) in [5.41, 5.74) is 0.959. The van der Waals surface area contributed by atoms with Gasteiger partial charge in [-0.05, 0) is 37.6 Å². The molecule has 1 amide bonds. The lowest BCUT2D eigenvalue weighted by atomic mass is 10.1. The van der Waals surface area contributed by atoms with E-state index in [-0.39, 0.29) is 16.0 Å². The number of hydrogen-bond acceptors (Lipinski definition) is 8. The normalized spacial score (nSPS) is 11.0. The van der Waals surface area contributed by atoms with Crippen molar-refractivity contribution >= 4 is 44.0 Å². The van der Waals surface area contributed by atoms with Crippen molar-refractivity contribution in [3.05, 3.63) is 45.8 Å². The highest BCUT2D eigenvalue weighted by atomic mass is 32.2. The van der Waals surface area contributed by atoms with Crippen LogP contribution in [0.2, 0.25) is 0 Å². The van der Waals surface area contributed by atoms with Crippen molar-refractivity contribution in [2.24, 2.45) is 0 Å². The van der Waals surface area contributed by atoms with Crippen LogP contribution in [0.1, 0.15) is 31.2 Å². The Morgan fingerprint density at radius 1 is 1.14 bits per heavy atom. The van der Waals surface area contributed by atoms with Crippen molar-refractivity contribution in [3.8, 4) is 0 Å². The molecule has 0 bridgehead atoms. The molecule has 2 rings (SSSR count). The summed E-state index contributed by atoms with van der Waals surface area (Å²) in [7, 11) is -2.23. The summed E-state index contributed by atoms with van der Waals surface area (Å²) in [6.45, 7) is 2.94. The van der Waals surface area contributed by atoms with E-state index in [0.29, 0.717) is 10.6 Å². The smallest absolute Gasteiger partial charge is 0.341 e. The number of sulfone groups is 1. The fourth-order valence-corrected chi connectivity index (χ4v) is 4.03. The summed E-state index contributed by atoms with van der Waals surface area (Å²) in [5.74, 6) is -2.06. The number of methoxy groups -OCH3 is 1. The summed E-state index contributed by atoms with van der Waals surface area (Å²) in [4.78, 5) is 36.9. The maximum Gasteiger partial charge on any atom is 0.341 e. The zero-order valence-electron chi connectivity index (χ0n) is 15.7. The van der Waals surface area contributed by atoms with E-state index in [2.05, 4.69) is 5.32 Å². The van der Waals surface area contributed by atoms with Crippen molar-refractivity contribution in [1.82, 2.24) is 0 Å². The predicted molar refractivity (Wildman–Crippen MR) is 104 cm³/mol. The number of esters is 2. The number of nitrogens with one attached hydrogen (secondary N) is 1. The molecule has 0 atom stereocenters. The number of carbonyl (C=O) groups excluding carboxylic acids is 3. The monoisotopic (exact) mass is 425 g/mol. The minimum Gasteiger partial charge on any atom is -0.465 e. The molecule has 0 spiro atoms. The van der Waals surface area contributed by atoms with Crippen LogP contribution in [0.15, 0.2) is 29.2 Å². The first kappa shape index (κ1) is 21.6. The molecule has 150 valence electrons. The van der Waals surface area contributed by atoms with Gasteiger partial charge in [0.1, 0.15) is 5.00 Å². The van der Waals surface area contributed by atoms with E-state index in [9.17, 15) is 22.8 Å². The molecule has 2 aromatic rings. The van der Waals surface area contributed by atoms with Crippen molar-refractivity contribution in [3.63, 3.8) is 0 Å². The molecule has 0 saturated heterocycles. The Balaban J connectivity index is 2.07. The summed E-state index contributed by atoms with van der Waals surface area (Å²) in [5, 5.41) is 2.84. The maximum atomic E-state index is 12.1. The first-order valence-electron chi connectivity index (χ1n) is 8.00. The number of anilines is 1. The molecule has 0 aliphatic rings. The molecule has 0 aliphatic carbocycles. The largest absolute Gasteiger partial charge is 0.465 e. The van der Waals surface area contributed by atoms with Gasteiger partial charge in [-0.3, -0.25) is 4.79 Å². The van der Waals surface area contributed by atoms with Gasteiger partial charge in [0.25, 0.3) is 5.91 Å². The zero-order valence-corrected chi connectivity index (χ0v) is 17.3. The fraction of sp³-hybridized carbons (Fsp3) is 0.278. The molecule has 10 heteroatoms. The molecular weight excluding hydrogens is 406 g/mol. The number of carbonyl (C=O) groups is 3. The molecule has 8 nitrogen and oxygen atoms in total. The molecule has 1 aromatic carbocycles. The third kappa shape index (κ3) is 4.96. The van der Waals surface area contributed by atoms with E-state index in [1.54, 1.807) is 13.8 Å². The van der Waals surface area contributed by atoms with Crippen LogP contribution >= 0.6 is 11.3 Å². The Morgan fingerprint density at radius 2 is 1.82 bits per heavy atom. The Hall–Kier alpha value is -2.72. The number of hydrogen-bond donors (Lipinski definition) is 1. The van der Waals surface area contributed by atoms with Crippen LogP contribution in [-0.4, -0.2) is 46.2 Å². The second-order valence-corrected chi connectivity index (χ2v) is 9.14. The lowest BCUT2D eigenvalue weighted by molar-refractivity contribution is -0.119. The first-order chi connectivity index (χ1) is 13.0. The van der Waals surface area contributed by atoms with E-state index in [0.717, 1.165) is 11.1 Å². The van der Waals surface area contributed by atoms with Gasteiger partial charge >= 0.3 is 11.9 Å². The van der Waals surface area contributed by atoms with Gasteiger partial charge in [0, 0.05) is 11.1 Å². The van der Waals surface area contributed by atoms with Crippen LogP contribution in [0, 0.1) is 13.8 Å². The number of aryl methyl sites for hydroxylation is 1. The molecule has 28 heavy (non-hydrogen) atoms. The van der Waals surface area contributed by atoms with Crippen molar-refractivity contribution in [2.45, 2.75) is 18.7 Å². The minimum atomic E-state index is -3.48. The topological polar surface area (TPSA) is 116 Å². The van der Waals surface area contributed by atoms with Crippen LogP contribution in [-0.2, 0) is 24.1 Å². The highest BCUT2D eigenvalue weighted by Crippen LogP contribution is 2.32. The molecule has 1 N–H and O–H groups in total. The molecular formula is C18H19NO7S2. The third-order valence-electron chi connectivity index (χ3n) is 3.86. The van der Waals surface area contributed by atoms with E-state index < -0.39 is 34.3 Å². The third-order valence-corrected chi connectivity index (χ3v) is 6.09. The van der Waals surface area contributed by atoms with Gasteiger partial charge in [-0.25, -0.2) is 18.0 Å². The maximum absolute atomic E-state index is 12.1. The highest BCUT2D eigenvalue weighted by Gasteiger charge is 2.22. The summed E-state index contributed by atoms with van der Waals surface area (Å²) in [6.07, 6.45) is 1.02. The van der Waals surface area contributed by atoms with Crippen LogP contribution in [0.5, 0.6) is 0 Å². The molecule has 1 aromatic heterocycles. The van der Waals surface area contributed by atoms with Crippen LogP contribution in [0.25, 0.3) is 0 Å². The van der Waals surface area contributed by atoms with E-state index in [4.69, 9.17) is 9.47 Å². The lowest BCUT2D eigenvalue weighted by Crippen LogP contribution is -2.21. The predicted octanol–water partition coefficient (Wildman–Crippen LogP) is 2.35. The average Bonchev–Trinajstić information content (AvgIpc) is 2.92. The van der Waals surface area contributed by atoms with Gasteiger partial charge in [0.05, 0.1) is 23.1 Å². The van der Waals surface area contributed by atoms with Crippen LogP contribution in [0.4, 0.5) is 5.00 Å². The summed E-state index contributed by atoms with van der Waals surface area (Å²) >= 11 is 1.21. The molecule has 0 saturated carbocycles. The summed E-state index contributed by atoms with van der Waals surface area (Å²) in [6, 6.07) is 5.33. The Morgan fingerprint density at radius 3 is 2.43 bits per heavy atom. The van der Waals surface area contributed by atoms with Gasteiger partial charge in [-0.2, -0.15) is 0 Å². The quantitative estimate of drug-likeness (QED) is 0.706. The molecule has 0 aliphatic heterocycles. The van der Waals surface area contributed by atoms with Crippen LogP contribution in [0.3, 0.4) is 0 Å². The standard InChI is InChI=1S/C18H19NO7S2/c1-10-11(2)27-16(15(10)18(22)25-3)19-14(20)9-26-17(21)12-6-5-7-13(8-12)28(4,23)24/h5-8H,9H2,1-4H3,(H,19,20). The highest BCUT2D eigenvalue weighted by molar-refractivity contribution is 7.90. The minimum absolute atomic E-state index is 0.00814. The lowest BCUT2D eigenvalue weighted by Gasteiger charge is -2.08. The average molecular weight is 425 g/mol. The van der Waals surface area contributed by atoms with E-state index >= 15 is 0 Å². The molecule has 1 heterocycles. The van der Waals surface area contributed by atoms with Gasteiger partial charge in [0.2, 0.25) is 0 Å². The second-order valence-electron chi connectivity index (χ2n) is 5.90. The van der Waals surface area contributed by atoms with Gasteiger partial charge in [-0.1, -0.05) is 6.07 Å². The number of thiophene rings is 1. The number of benzene rings is 1. The SMILES string of the molecule is COC(=O)c1c(NC(=O)COC(=O)c2cccc(S(C)(=O)=O)c2)sc(C)c1C. The van der Waals surface area contributed by atoms with Crippen molar-refractivity contribution in [2.75, 3.05) is 25.3 Å². The molecule has 0 radical (unpaired) electrons. The van der Waals surface area contributed by atoms with Crippen LogP contribution < -0.4 is 5.32 Å². The van der Waals surface area contributed by atoms with Crippen molar-refractivity contribution < 1.29 is 32.3 Å². The van der Waals surface area contributed by atoms with E-state index in [1.807, 2.05) is 0 Å². The zero-order chi connectivity index (χ0) is 21.1. The molecule has 0 unspecified atom stereocenters. The number of rotatable bonds is 6. The first-order valence-corrected chi connectivity index (χ1v) is 10.7. The summed E-state index contributed by atoms with van der Waals surface area (Å²) < 4.78 is 32.8. The Bertz CT molecular complexity index is 1040. The fourth-order valence-electron chi connectivity index (χ4n) is 2.29.